The molecule has 1 aliphatic rings. The molecule has 2 rings (SSSR count). The molecule has 6 nitrogen and oxygen atoms in total. The van der Waals surface area contributed by atoms with Crippen LogP contribution in [0, 0.1) is 10.1 Å². The Kier molecular flexibility index (Phi) is 1.72. The van der Waals surface area contributed by atoms with Gasteiger partial charge in [-0.25, -0.2) is 4.79 Å². The van der Waals surface area contributed by atoms with E-state index in [0.29, 0.717) is 18.6 Å². The average molecular weight is 194 g/mol. The molecule has 1 aromatic heterocycles. The summed E-state index contributed by atoms with van der Waals surface area (Å²) in [6.07, 6.45) is 2.80. The van der Waals surface area contributed by atoms with E-state index in [0.717, 1.165) is 0 Å². The normalized spacial score (nSPS) is 17.1. The molecule has 1 fully saturated rings. The smallest absolute Gasteiger partial charge is 0.403 e. The van der Waals surface area contributed by atoms with Crippen LogP contribution >= 0.6 is 0 Å². The minimum atomic E-state index is -0.671. The first-order valence-corrected chi connectivity index (χ1v) is 4.02. The van der Waals surface area contributed by atoms with Gasteiger partial charge in [-0.3, -0.25) is 10.1 Å². The Morgan fingerprint density at radius 3 is 2.71 bits per heavy atom. The van der Waals surface area contributed by atoms with Crippen molar-refractivity contribution in [1.29, 1.82) is 0 Å². The molecule has 14 heavy (non-hydrogen) atoms. The zero-order chi connectivity index (χ0) is 10.2. The topological polar surface area (TPSA) is 85.7 Å². The van der Waals surface area contributed by atoms with Crippen LogP contribution in [0.4, 0.5) is 5.88 Å². The molecule has 0 aromatic carbocycles. The molecule has 0 N–H and O–H groups in total. The second-order valence-electron chi connectivity index (χ2n) is 3.13. The largest absolute Gasteiger partial charge is 0.433 e. The SMILES string of the molecule is O=C=NC1(c2ccc([N+](=O)[O-])o2)CC1. The van der Waals surface area contributed by atoms with Crippen LogP contribution in [-0.4, -0.2) is 11.0 Å². The van der Waals surface area contributed by atoms with E-state index in [1.807, 2.05) is 0 Å². The molecule has 0 aliphatic heterocycles. The van der Waals surface area contributed by atoms with Gasteiger partial charge < -0.3 is 4.42 Å². The minimum Gasteiger partial charge on any atom is -0.403 e. The van der Waals surface area contributed by atoms with Crippen LogP contribution in [-0.2, 0) is 10.3 Å². The van der Waals surface area contributed by atoms with E-state index in [-0.39, 0.29) is 5.88 Å². The van der Waals surface area contributed by atoms with Gasteiger partial charge in [0.1, 0.15) is 16.2 Å². The quantitative estimate of drug-likeness (QED) is 0.316. The van der Waals surface area contributed by atoms with Gasteiger partial charge in [0.25, 0.3) is 0 Å². The molecule has 0 saturated heterocycles. The van der Waals surface area contributed by atoms with Crippen LogP contribution in [0.15, 0.2) is 21.5 Å². The predicted octanol–water partition coefficient (Wildman–Crippen LogP) is 1.51. The van der Waals surface area contributed by atoms with E-state index in [4.69, 9.17) is 4.42 Å². The van der Waals surface area contributed by atoms with Crippen LogP contribution in [0.1, 0.15) is 18.6 Å². The van der Waals surface area contributed by atoms with E-state index < -0.39 is 10.5 Å². The first-order chi connectivity index (χ1) is 6.68. The van der Waals surface area contributed by atoms with Crippen molar-refractivity contribution in [3.05, 3.63) is 28.0 Å². The minimum absolute atomic E-state index is 0.327. The summed E-state index contributed by atoms with van der Waals surface area (Å²) in [4.78, 5) is 23.4. The van der Waals surface area contributed by atoms with Crippen molar-refractivity contribution in [2.24, 2.45) is 4.99 Å². The van der Waals surface area contributed by atoms with Gasteiger partial charge in [-0.15, -0.1) is 0 Å². The van der Waals surface area contributed by atoms with Crippen molar-refractivity contribution in [2.45, 2.75) is 18.4 Å². The molecule has 1 aliphatic carbocycles. The zero-order valence-corrected chi connectivity index (χ0v) is 7.10. The fraction of sp³-hybridized carbons (Fsp3) is 0.375. The lowest BCUT2D eigenvalue weighted by atomic mass is 10.2. The second kappa shape index (κ2) is 2.78. The Morgan fingerprint density at radius 2 is 2.29 bits per heavy atom. The van der Waals surface area contributed by atoms with Gasteiger partial charge in [0.2, 0.25) is 6.08 Å². The highest BCUT2D eigenvalue weighted by molar-refractivity contribution is 5.39. The second-order valence-corrected chi connectivity index (χ2v) is 3.13. The molecule has 0 atom stereocenters. The summed E-state index contributed by atoms with van der Waals surface area (Å²) in [5.74, 6) is 0.0416. The van der Waals surface area contributed by atoms with Crippen molar-refractivity contribution < 1.29 is 14.1 Å². The third-order valence-electron chi connectivity index (χ3n) is 2.21. The number of nitrogens with zero attached hydrogens (tertiary/aromatic N) is 2. The highest BCUT2D eigenvalue weighted by Crippen LogP contribution is 2.50. The lowest BCUT2D eigenvalue weighted by Crippen LogP contribution is -1.99. The van der Waals surface area contributed by atoms with E-state index >= 15 is 0 Å². The summed E-state index contributed by atoms with van der Waals surface area (Å²) in [6, 6.07) is 2.74. The third kappa shape index (κ3) is 1.22. The van der Waals surface area contributed by atoms with Crippen molar-refractivity contribution in [3.8, 4) is 0 Å². The Labute approximate surface area is 78.4 Å². The first-order valence-electron chi connectivity index (χ1n) is 4.02. The number of rotatable bonds is 3. The van der Waals surface area contributed by atoms with Crippen LogP contribution in [0.3, 0.4) is 0 Å². The highest BCUT2D eigenvalue weighted by atomic mass is 16.6. The van der Waals surface area contributed by atoms with Gasteiger partial charge in [0.05, 0.1) is 6.07 Å². The van der Waals surface area contributed by atoms with Crippen LogP contribution in [0.25, 0.3) is 0 Å². The molecule has 0 unspecified atom stereocenters. The lowest BCUT2D eigenvalue weighted by Gasteiger charge is -2.00. The number of hydrogen-bond donors (Lipinski definition) is 0. The maximum Gasteiger partial charge on any atom is 0.433 e. The summed E-state index contributed by atoms with van der Waals surface area (Å²) >= 11 is 0. The molecular formula is C8H6N2O4. The van der Waals surface area contributed by atoms with Gasteiger partial charge in [0, 0.05) is 0 Å². The van der Waals surface area contributed by atoms with Crippen molar-refractivity contribution >= 4 is 12.0 Å². The number of nitro groups is 1. The van der Waals surface area contributed by atoms with E-state index in [9.17, 15) is 14.9 Å². The fourth-order valence-electron chi connectivity index (χ4n) is 1.29. The summed E-state index contributed by atoms with van der Waals surface area (Å²) in [5, 5.41) is 10.3. The summed E-state index contributed by atoms with van der Waals surface area (Å²) in [5.41, 5.74) is -0.671. The standard InChI is InChI=1S/C8H6N2O4/c11-5-9-8(3-4-8)6-1-2-7(14-6)10(12)13/h1-2H,3-4H2. The van der Waals surface area contributed by atoms with Gasteiger partial charge in [-0.1, -0.05) is 0 Å². The van der Waals surface area contributed by atoms with Crippen LogP contribution in [0.5, 0.6) is 0 Å². The molecule has 0 radical (unpaired) electrons. The van der Waals surface area contributed by atoms with Crippen LogP contribution < -0.4 is 0 Å². The molecular weight excluding hydrogens is 188 g/mol. The molecule has 0 spiro atoms. The number of isocyanates is 1. The number of aliphatic imine (C=N–C) groups is 1. The molecule has 0 amide bonds. The Bertz CT molecular complexity index is 426. The Balaban J connectivity index is 2.33. The van der Waals surface area contributed by atoms with Gasteiger partial charge in [-0.05, 0) is 18.9 Å². The molecule has 1 heterocycles. The van der Waals surface area contributed by atoms with Crippen molar-refractivity contribution in [3.63, 3.8) is 0 Å². The first kappa shape index (κ1) is 8.65. The van der Waals surface area contributed by atoms with Crippen molar-refractivity contribution in [1.82, 2.24) is 0 Å². The Morgan fingerprint density at radius 1 is 1.57 bits per heavy atom. The van der Waals surface area contributed by atoms with Gasteiger partial charge >= 0.3 is 5.88 Å². The predicted molar refractivity (Wildman–Crippen MR) is 44.4 cm³/mol. The average Bonchev–Trinajstić information content (AvgIpc) is 2.77. The highest BCUT2D eigenvalue weighted by Gasteiger charge is 2.48. The molecule has 0 bridgehead atoms. The molecule has 6 heteroatoms. The van der Waals surface area contributed by atoms with Gasteiger partial charge in [-0.2, -0.15) is 4.99 Å². The monoisotopic (exact) mass is 194 g/mol. The maximum atomic E-state index is 10.3. The van der Waals surface area contributed by atoms with Crippen molar-refractivity contribution in [2.75, 3.05) is 0 Å². The fourth-order valence-corrected chi connectivity index (χ4v) is 1.29. The summed E-state index contributed by atoms with van der Waals surface area (Å²) in [6.45, 7) is 0. The third-order valence-corrected chi connectivity index (χ3v) is 2.21. The van der Waals surface area contributed by atoms with E-state index in [2.05, 4.69) is 4.99 Å². The number of furan rings is 1. The van der Waals surface area contributed by atoms with Gasteiger partial charge in [0.15, 0.2) is 0 Å². The maximum absolute atomic E-state index is 10.3. The van der Waals surface area contributed by atoms with Crippen LogP contribution in [0.2, 0.25) is 0 Å². The zero-order valence-electron chi connectivity index (χ0n) is 7.10. The van der Waals surface area contributed by atoms with E-state index in [1.54, 1.807) is 0 Å². The number of hydrogen-bond acceptors (Lipinski definition) is 5. The number of carbonyl (C=O) groups excluding carboxylic acids is 1. The summed E-state index contributed by atoms with van der Waals surface area (Å²) < 4.78 is 4.95. The molecule has 1 aromatic rings. The van der Waals surface area contributed by atoms with E-state index in [1.165, 1.54) is 18.2 Å². The molecule has 1 saturated carbocycles. The molecule has 72 valence electrons. The Hall–Kier alpha value is -1.94. The lowest BCUT2D eigenvalue weighted by molar-refractivity contribution is -0.402. The summed E-state index contributed by atoms with van der Waals surface area (Å²) in [7, 11) is 0.